The molecule has 0 spiro atoms. The van der Waals surface area contributed by atoms with E-state index in [1.54, 1.807) is 45.4 Å². The van der Waals surface area contributed by atoms with E-state index in [0.717, 1.165) is 5.56 Å². The van der Waals surface area contributed by atoms with Crippen molar-refractivity contribution in [2.24, 2.45) is 0 Å². The molecule has 0 aliphatic heterocycles. The number of hydrogen-bond acceptors (Lipinski definition) is 4. The second-order valence-electron chi connectivity index (χ2n) is 4.19. The molecule has 1 aromatic heterocycles. The van der Waals surface area contributed by atoms with Crippen LogP contribution in [0.25, 0.3) is 6.08 Å². The monoisotopic (exact) mass is 272 g/mol. The third-order valence-electron chi connectivity index (χ3n) is 2.83. The standard InChI is InChI=1S/C16H16O4/c1-11-7-10-14(20-11)13(17)9-8-12-5-4-6-15(18-2)16(12)19-3/h4-10H,1-3H3/b9-8+. The molecule has 0 N–H and O–H groups in total. The molecule has 0 amide bonds. The fourth-order valence-corrected chi connectivity index (χ4v) is 1.86. The van der Waals surface area contributed by atoms with Crippen LogP contribution in [0.2, 0.25) is 0 Å². The van der Waals surface area contributed by atoms with Crippen LogP contribution in [0.5, 0.6) is 11.5 Å². The maximum absolute atomic E-state index is 11.9. The number of ketones is 1. The van der Waals surface area contributed by atoms with Gasteiger partial charge in [0.15, 0.2) is 17.3 Å². The first kappa shape index (κ1) is 13.9. The molecule has 0 aliphatic carbocycles. The third-order valence-corrected chi connectivity index (χ3v) is 2.83. The van der Waals surface area contributed by atoms with E-state index in [0.29, 0.717) is 23.0 Å². The van der Waals surface area contributed by atoms with E-state index >= 15 is 0 Å². The maximum Gasteiger partial charge on any atom is 0.221 e. The van der Waals surface area contributed by atoms with Crippen molar-refractivity contribution in [3.05, 3.63) is 53.5 Å². The summed E-state index contributed by atoms with van der Waals surface area (Å²) in [6.07, 6.45) is 3.14. The Balaban J connectivity index is 2.25. The average molecular weight is 272 g/mol. The summed E-state index contributed by atoms with van der Waals surface area (Å²) >= 11 is 0. The fraction of sp³-hybridized carbons (Fsp3) is 0.188. The van der Waals surface area contributed by atoms with E-state index < -0.39 is 0 Å². The van der Waals surface area contributed by atoms with Gasteiger partial charge < -0.3 is 13.9 Å². The van der Waals surface area contributed by atoms with Crippen LogP contribution in [0.1, 0.15) is 21.9 Å². The average Bonchev–Trinajstić information content (AvgIpc) is 2.90. The third kappa shape index (κ3) is 2.91. The highest BCUT2D eigenvalue weighted by molar-refractivity contribution is 6.05. The molecule has 0 saturated carbocycles. The molecule has 104 valence electrons. The summed E-state index contributed by atoms with van der Waals surface area (Å²) in [7, 11) is 3.13. The quantitative estimate of drug-likeness (QED) is 0.617. The lowest BCUT2D eigenvalue weighted by molar-refractivity contribution is 0.102. The van der Waals surface area contributed by atoms with Crippen molar-refractivity contribution in [1.29, 1.82) is 0 Å². The zero-order valence-corrected chi connectivity index (χ0v) is 11.7. The normalized spacial score (nSPS) is 10.8. The van der Waals surface area contributed by atoms with Crippen molar-refractivity contribution in [3.8, 4) is 11.5 Å². The lowest BCUT2D eigenvalue weighted by Crippen LogP contribution is -1.94. The number of methoxy groups -OCH3 is 2. The van der Waals surface area contributed by atoms with E-state index in [1.165, 1.54) is 6.08 Å². The summed E-state index contributed by atoms with van der Waals surface area (Å²) in [6, 6.07) is 8.90. The Morgan fingerprint density at radius 2 is 1.95 bits per heavy atom. The molecule has 20 heavy (non-hydrogen) atoms. The van der Waals surface area contributed by atoms with Crippen LogP contribution in [0.3, 0.4) is 0 Å². The Kier molecular flexibility index (Phi) is 4.25. The van der Waals surface area contributed by atoms with Crippen molar-refractivity contribution in [3.63, 3.8) is 0 Å². The van der Waals surface area contributed by atoms with Crippen molar-refractivity contribution < 1.29 is 18.7 Å². The molecule has 2 aromatic rings. The zero-order chi connectivity index (χ0) is 14.5. The van der Waals surface area contributed by atoms with Gasteiger partial charge in [-0.15, -0.1) is 0 Å². The van der Waals surface area contributed by atoms with Gasteiger partial charge in [0, 0.05) is 5.56 Å². The topological polar surface area (TPSA) is 48.7 Å². The molecule has 2 rings (SSSR count). The number of hydrogen-bond donors (Lipinski definition) is 0. The number of carbonyl (C=O) groups excluding carboxylic acids is 1. The number of allylic oxidation sites excluding steroid dienone is 1. The van der Waals surface area contributed by atoms with Crippen molar-refractivity contribution in [2.45, 2.75) is 6.92 Å². The molecular formula is C16H16O4. The van der Waals surface area contributed by atoms with Crippen molar-refractivity contribution in [1.82, 2.24) is 0 Å². The Bertz CT molecular complexity index is 638. The molecular weight excluding hydrogens is 256 g/mol. The summed E-state index contributed by atoms with van der Waals surface area (Å²) in [6.45, 7) is 1.80. The highest BCUT2D eigenvalue weighted by Crippen LogP contribution is 2.31. The SMILES string of the molecule is COc1cccc(/C=C/C(=O)c2ccc(C)o2)c1OC. The molecule has 0 radical (unpaired) electrons. The predicted octanol–water partition coefficient (Wildman–Crippen LogP) is 3.50. The lowest BCUT2D eigenvalue weighted by Gasteiger charge is -2.09. The molecule has 0 unspecified atom stereocenters. The number of aryl methyl sites for hydroxylation is 1. The summed E-state index contributed by atoms with van der Waals surface area (Å²) in [5, 5.41) is 0. The molecule has 0 bridgehead atoms. The summed E-state index contributed by atoms with van der Waals surface area (Å²) in [5.74, 6) is 2.05. The summed E-state index contributed by atoms with van der Waals surface area (Å²) in [5.41, 5.74) is 0.767. The van der Waals surface area contributed by atoms with Crippen LogP contribution < -0.4 is 9.47 Å². The number of para-hydroxylation sites is 1. The maximum atomic E-state index is 11.9. The number of carbonyl (C=O) groups is 1. The summed E-state index contributed by atoms with van der Waals surface area (Å²) < 4.78 is 15.8. The van der Waals surface area contributed by atoms with Gasteiger partial charge in [-0.1, -0.05) is 12.1 Å². The van der Waals surface area contributed by atoms with Crippen LogP contribution in [-0.2, 0) is 0 Å². The van der Waals surface area contributed by atoms with E-state index in [1.807, 2.05) is 12.1 Å². The van der Waals surface area contributed by atoms with Gasteiger partial charge >= 0.3 is 0 Å². The highest BCUT2D eigenvalue weighted by Gasteiger charge is 2.09. The van der Waals surface area contributed by atoms with Gasteiger partial charge in [-0.05, 0) is 37.3 Å². The first-order valence-corrected chi connectivity index (χ1v) is 6.15. The van der Waals surface area contributed by atoms with Crippen LogP contribution >= 0.6 is 0 Å². The highest BCUT2D eigenvalue weighted by atomic mass is 16.5. The van der Waals surface area contributed by atoms with Crippen LogP contribution in [-0.4, -0.2) is 20.0 Å². The van der Waals surface area contributed by atoms with E-state index in [9.17, 15) is 4.79 Å². The largest absolute Gasteiger partial charge is 0.493 e. The van der Waals surface area contributed by atoms with E-state index in [-0.39, 0.29) is 5.78 Å². The van der Waals surface area contributed by atoms with E-state index in [2.05, 4.69) is 0 Å². The van der Waals surface area contributed by atoms with Gasteiger partial charge in [-0.2, -0.15) is 0 Å². The zero-order valence-electron chi connectivity index (χ0n) is 11.7. The predicted molar refractivity (Wildman–Crippen MR) is 76.4 cm³/mol. The molecule has 1 heterocycles. The Morgan fingerprint density at radius 3 is 2.55 bits per heavy atom. The summed E-state index contributed by atoms with van der Waals surface area (Å²) in [4.78, 5) is 11.9. The van der Waals surface area contributed by atoms with Gasteiger partial charge in [0.05, 0.1) is 14.2 Å². The fourth-order valence-electron chi connectivity index (χ4n) is 1.86. The molecule has 4 nitrogen and oxygen atoms in total. The smallest absolute Gasteiger partial charge is 0.221 e. The molecule has 0 saturated heterocycles. The molecule has 0 aliphatic rings. The first-order chi connectivity index (χ1) is 9.65. The molecule has 4 heteroatoms. The number of rotatable bonds is 5. The number of benzene rings is 1. The number of ether oxygens (including phenoxy) is 2. The number of furan rings is 1. The molecule has 0 fully saturated rings. The van der Waals surface area contributed by atoms with Crippen LogP contribution in [0, 0.1) is 6.92 Å². The minimum absolute atomic E-state index is 0.192. The van der Waals surface area contributed by atoms with Gasteiger partial charge in [-0.25, -0.2) is 0 Å². The molecule has 0 atom stereocenters. The van der Waals surface area contributed by atoms with Crippen LogP contribution in [0.4, 0.5) is 0 Å². The first-order valence-electron chi connectivity index (χ1n) is 6.15. The van der Waals surface area contributed by atoms with Gasteiger partial charge in [0.25, 0.3) is 0 Å². The van der Waals surface area contributed by atoms with Gasteiger partial charge in [-0.3, -0.25) is 4.79 Å². The lowest BCUT2D eigenvalue weighted by atomic mass is 10.1. The molecule has 1 aromatic carbocycles. The Hall–Kier alpha value is -2.49. The second-order valence-corrected chi connectivity index (χ2v) is 4.19. The second kappa shape index (κ2) is 6.10. The van der Waals surface area contributed by atoms with Gasteiger partial charge in [0.2, 0.25) is 5.78 Å². The minimum Gasteiger partial charge on any atom is -0.493 e. The minimum atomic E-state index is -0.192. The van der Waals surface area contributed by atoms with Crippen LogP contribution in [0.15, 0.2) is 40.8 Å². The Morgan fingerprint density at radius 1 is 1.15 bits per heavy atom. The Labute approximate surface area is 117 Å². The van der Waals surface area contributed by atoms with Crippen molar-refractivity contribution >= 4 is 11.9 Å². The van der Waals surface area contributed by atoms with E-state index in [4.69, 9.17) is 13.9 Å². The van der Waals surface area contributed by atoms with Crippen molar-refractivity contribution in [2.75, 3.05) is 14.2 Å². The van der Waals surface area contributed by atoms with Gasteiger partial charge in [0.1, 0.15) is 5.76 Å².